The van der Waals surface area contributed by atoms with Crippen LogP contribution in [0.25, 0.3) is 0 Å². The Labute approximate surface area is 118 Å². The summed E-state index contributed by atoms with van der Waals surface area (Å²) in [5.74, 6) is 0. The van der Waals surface area contributed by atoms with Crippen LogP contribution in [0.4, 0.5) is 0 Å². The molecule has 10 nitrogen and oxygen atoms in total. The van der Waals surface area contributed by atoms with Gasteiger partial charge in [0, 0.05) is 20.8 Å². The molecule has 0 spiro atoms. The predicted molar refractivity (Wildman–Crippen MR) is 36.5 cm³/mol. The molecule has 0 fully saturated rings. The largest absolute Gasteiger partial charge is 1.00 e. The summed E-state index contributed by atoms with van der Waals surface area (Å²) >= 11 is 0. The van der Waals surface area contributed by atoms with E-state index in [0.29, 0.717) is 0 Å². The van der Waals surface area contributed by atoms with E-state index >= 15 is 0 Å². The molecule has 0 unspecified atom stereocenters. The maximum atomic E-state index is 8.52. The molecule has 0 saturated heterocycles. The smallest absolute Gasteiger partial charge is 0.759 e. The van der Waals surface area contributed by atoms with Gasteiger partial charge in [-0.05, 0) is 0 Å². The van der Waals surface area contributed by atoms with E-state index < -0.39 is 20.8 Å². The normalized spacial score (nSPS) is 9.12. The van der Waals surface area contributed by atoms with Crippen LogP contribution in [-0.4, -0.2) is 48.1 Å². The van der Waals surface area contributed by atoms with Crippen LogP contribution < -0.4 is 49.2 Å². The first-order chi connectivity index (χ1) is 5.91. The molecule has 0 aromatic carbocycles. The number of rotatable bonds is 1. The van der Waals surface area contributed by atoms with Crippen molar-refractivity contribution in [2.24, 2.45) is 0 Å². The third-order valence-corrected chi connectivity index (χ3v) is 0.250. The summed E-state index contributed by atoms with van der Waals surface area (Å²) in [4.78, 5) is 0. The quantitative estimate of drug-likeness (QED) is 0.263. The first-order valence-corrected chi connectivity index (χ1v) is 5.50. The average molecular weight is 268 g/mol. The number of hydrogen-bond acceptors (Lipinski definition) is 8. The molecule has 0 bridgehead atoms. The second-order valence-electron chi connectivity index (χ2n) is 1.52. The van der Waals surface area contributed by atoms with Gasteiger partial charge in [0.2, 0.25) is 0 Å². The van der Waals surface area contributed by atoms with Crippen LogP contribution in [-0.2, 0) is 20.8 Å². The maximum absolute atomic E-state index is 8.52. The Kier molecular flexibility index (Phi) is 29.9. The van der Waals surface area contributed by atoms with E-state index in [1.54, 1.807) is 0 Å². The Morgan fingerprint density at radius 2 is 0.750 bits per heavy atom. The zero-order valence-corrected chi connectivity index (χ0v) is 10.5. The molecule has 0 saturated carbocycles. The summed E-state index contributed by atoms with van der Waals surface area (Å²) in [5.41, 5.74) is 7.08. The van der Waals surface area contributed by atoms with Crippen LogP contribution in [0.1, 0.15) is 0 Å². The zero-order chi connectivity index (χ0) is 12.4. The minimum Gasteiger partial charge on any atom is -0.759 e. The van der Waals surface area contributed by atoms with Gasteiger partial charge in [-0.3, -0.25) is 16.8 Å². The molecule has 0 amide bonds. The monoisotopic (exact) mass is 268 g/mol. The second-order valence-corrected chi connectivity index (χ2v) is 3.16. The van der Waals surface area contributed by atoms with Crippen LogP contribution in [0.15, 0.2) is 0 Å². The fourth-order valence-electron chi connectivity index (χ4n) is 0. The Hall–Kier alpha value is 0.855. The molecule has 0 radical (unpaired) electrons. The second kappa shape index (κ2) is 15.9. The van der Waals surface area contributed by atoms with Gasteiger partial charge in [0.15, 0.2) is 0 Å². The SMILES string of the molecule is O=S(=O)([O-])[O-].O=S(=O)([O-])[O-].[Li+].[Li+].[NH3+]CC[NH3+]. The van der Waals surface area contributed by atoms with Crippen LogP contribution in [0, 0.1) is 0 Å². The van der Waals surface area contributed by atoms with E-state index in [2.05, 4.69) is 11.5 Å². The van der Waals surface area contributed by atoms with Crippen LogP contribution in [0.5, 0.6) is 0 Å². The standard InChI is InChI=1S/C2H8N2.2Li.2H2O4S/c3-1-2-4;;;2*1-5(2,3)4/h1-4H2;;;2*(H2,1,2,3,4)/q;2*+1;;/p-2. The molecular weight excluding hydrogens is 258 g/mol. The van der Waals surface area contributed by atoms with Gasteiger partial charge in [-0.2, -0.15) is 0 Å². The maximum Gasteiger partial charge on any atom is 1.00 e. The van der Waals surface area contributed by atoms with Crippen molar-refractivity contribution < 1.29 is 84.2 Å². The van der Waals surface area contributed by atoms with Gasteiger partial charge in [0.05, 0.1) is 0 Å². The Morgan fingerprint density at radius 1 is 0.688 bits per heavy atom. The van der Waals surface area contributed by atoms with E-state index in [1.165, 1.54) is 0 Å². The van der Waals surface area contributed by atoms with E-state index in [-0.39, 0.29) is 37.7 Å². The molecule has 0 atom stereocenters. The minimum absolute atomic E-state index is 0. The molecule has 0 aromatic rings. The van der Waals surface area contributed by atoms with Gasteiger partial charge in [0.25, 0.3) is 0 Å². The van der Waals surface area contributed by atoms with Crippen molar-refractivity contribution in [1.29, 1.82) is 0 Å². The van der Waals surface area contributed by atoms with Crippen LogP contribution in [0.2, 0.25) is 0 Å². The Morgan fingerprint density at radius 3 is 0.750 bits per heavy atom. The van der Waals surface area contributed by atoms with Gasteiger partial charge >= 0.3 is 37.7 Å². The first-order valence-electron chi connectivity index (χ1n) is 2.83. The van der Waals surface area contributed by atoms with Crippen LogP contribution >= 0.6 is 0 Å². The molecule has 6 N–H and O–H groups in total. The van der Waals surface area contributed by atoms with Crippen molar-refractivity contribution in [3.05, 3.63) is 0 Å². The van der Waals surface area contributed by atoms with Crippen LogP contribution in [0.3, 0.4) is 0 Å². The van der Waals surface area contributed by atoms with Crippen molar-refractivity contribution in [3.63, 3.8) is 0 Å². The third kappa shape index (κ3) is 829. The van der Waals surface area contributed by atoms with Crippen molar-refractivity contribution in [3.8, 4) is 0 Å². The molecule has 0 heterocycles. The van der Waals surface area contributed by atoms with Gasteiger partial charge < -0.3 is 29.7 Å². The average Bonchev–Trinajstić information content (AvgIpc) is 1.79. The molecule has 90 valence electrons. The van der Waals surface area contributed by atoms with Crippen molar-refractivity contribution in [1.82, 2.24) is 0 Å². The minimum atomic E-state index is -5.17. The summed E-state index contributed by atoms with van der Waals surface area (Å²) in [5, 5.41) is 0. The Balaban J connectivity index is -0.0000000358. The molecule has 14 heteroatoms. The first kappa shape index (κ1) is 30.1. The summed E-state index contributed by atoms with van der Waals surface area (Å²) in [6.07, 6.45) is 0. The molecule has 0 rings (SSSR count). The summed E-state index contributed by atoms with van der Waals surface area (Å²) in [7, 11) is -10.3. The fraction of sp³-hybridized carbons (Fsp3) is 1.00. The van der Waals surface area contributed by atoms with Gasteiger partial charge in [-0.25, -0.2) is 0 Å². The molecule has 16 heavy (non-hydrogen) atoms. The topological polar surface area (TPSA) is 216 Å². The molecule has 0 aromatic heterocycles. The zero-order valence-electron chi connectivity index (χ0n) is 8.91. The number of hydrogen-bond donors (Lipinski definition) is 2. The van der Waals surface area contributed by atoms with Crippen molar-refractivity contribution >= 4 is 20.8 Å². The summed E-state index contributed by atoms with van der Waals surface area (Å²) in [6, 6.07) is 0. The molecular formula is C2H10Li2N2O8S2. The molecule has 0 aliphatic heterocycles. The molecule has 0 aliphatic rings. The summed E-state index contributed by atoms with van der Waals surface area (Å²) < 4.78 is 68.2. The van der Waals surface area contributed by atoms with Crippen molar-refractivity contribution in [2.45, 2.75) is 0 Å². The van der Waals surface area contributed by atoms with E-state index in [4.69, 9.17) is 35.0 Å². The van der Waals surface area contributed by atoms with Gasteiger partial charge in [-0.1, -0.05) is 0 Å². The number of quaternary nitrogens is 2. The third-order valence-electron chi connectivity index (χ3n) is 0.250. The van der Waals surface area contributed by atoms with E-state index in [1.807, 2.05) is 0 Å². The Bertz CT molecular complexity index is 252. The van der Waals surface area contributed by atoms with E-state index in [0.717, 1.165) is 13.1 Å². The van der Waals surface area contributed by atoms with E-state index in [9.17, 15) is 0 Å². The summed E-state index contributed by atoms with van der Waals surface area (Å²) in [6.45, 7) is 1.92. The predicted octanol–water partition coefficient (Wildman–Crippen LogP) is -11.2. The fourth-order valence-corrected chi connectivity index (χ4v) is 0. The van der Waals surface area contributed by atoms with Gasteiger partial charge in [-0.15, -0.1) is 0 Å². The molecule has 0 aliphatic carbocycles. The van der Waals surface area contributed by atoms with Gasteiger partial charge in [0.1, 0.15) is 13.1 Å². The van der Waals surface area contributed by atoms with Crippen molar-refractivity contribution in [2.75, 3.05) is 13.1 Å².